The lowest BCUT2D eigenvalue weighted by Gasteiger charge is -2.29. The third-order valence-corrected chi connectivity index (χ3v) is 3.15. The molecule has 0 saturated carbocycles. The van der Waals surface area contributed by atoms with E-state index in [1.807, 2.05) is 6.92 Å². The molecule has 0 rings (SSSR count). The summed E-state index contributed by atoms with van der Waals surface area (Å²) in [5.74, 6) is -0.958. The van der Waals surface area contributed by atoms with Crippen molar-refractivity contribution in [2.45, 2.75) is 72.2 Å². The molecule has 0 aliphatic heterocycles. The molecule has 0 radical (unpaired) electrons. The Morgan fingerprint density at radius 2 is 0.870 bits per heavy atom. The van der Waals surface area contributed by atoms with Gasteiger partial charge in [-0.1, -0.05) is 57.2 Å². The van der Waals surface area contributed by atoms with Crippen molar-refractivity contribution in [2.75, 3.05) is 19.8 Å². The average molecular weight is 325 g/mol. The molecule has 3 heteroatoms. The summed E-state index contributed by atoms with van der Waals surface area (Å²) in [7, 11) is 0. The molecule has 0 fully saturated rings. The number of hydrogen-bond acceptors (Lipinski definition) is 3. The van der Waals surface area contributed by atoms with Crippen molar-refractivity contribution >= 4 is 0 Å². The van der Waals surface area contributed by atoms with E-state index in [4.69, 9.17) is 14.2 Å². The zero-order valence-electron chi connectivity index (χ0n) is 15.6. The molecule has 0 aromatic carbocycles. The van der Waals surface area contributed by atoms with E-state index in [2.05, 4.69) is 57.2 Å². The van der Waals surface area contributed by atoms with E-state index in [1.165, 1.54) is 0 Å². The minimum atomic E-state index is -0.958. The van der Waals surface area contributed by atoms with Gasteiger partial charge in [0.15, 0.2) is 0 Å². The predicted octanol–water partition coefficient (Wildman–Crippen LogP) is 5.78. The van der Waals surface area contributed by atoms with Crippen molar-refractivity contribution < 1.29 is 14.2 Å². The Labute approximate surface area is 143 Å². The average Bonchev–Trinajstić information content (AvgIpc) is 2.54. The van der Waals surface area contributed by atoms with Crippen LogP contribution in [0.3, 0.4) is 0 Å². The highest BCUT2D eigenvalue weighted by atomic mass is 16.9. The summed E-state index contributed by atoms with van der Waals surface area (Å²) >= 11 is 0. The van der Waals surface area contributed by atoms with Crippen LogP contribution in [0, 0.1) is 0 Å². The van der Waals surface area contributed by atoms with E-state index in [-0.39, 0.29) is 0 Å². The van der Waals surface area contributed by atoms with Crippen molar-refractivity contribution in [3.05, 3.63) is 36.5 Å². The molecule has 0 aliphatic rings. The van der Waals surface area contributed by atoms with Crippen molar-refractivity contribution in [3.8, 4) is 0 Å². The highest BCUT2D eigenvalue weighted by Gasteiger charge is 2.26. The minimum Gasteiger partial charge on any atom is -0.327 e. The maximum absolute atomic E-state index is 5.85. The maximum Gasteiger partial charge on any atom is 0.279 e. The molecular formula is C20H36O3. The molecule has 0 aliphatic carbocycles. The van der Waals surface area contributed by atoms with Gasteiger partial charge in [0, 0.05) is 6.92 Å². The van der Waals surface area contributed by atoms with E-state index in [9.17, 15) is 0 Å². The maximum atomic E-state index is 5.85. The van der Waals surface area contributed by atoms with Crippen LogP contribution in [-0.2, 0) is 14.2 Å². The molecule has 0 N–H and O–H groups in total. The van der Waals surface area contributed by atoms with Gasteiger partial charge in [-0.25, -0.2) is 0 Å². The van der Waals surface area contributed by atoms with Crippen LogP contribution in [0.25, 0.3) is 0 Å². The van der Waals surface area contributed by atoms with Gasteiger partial charge in [-0.2, -0.15) is 0 Å². The monoisotopic (exact) mass is 324 g/mol. The number of rotatable bonds is 15. The van der Waals surface area contributed by atoms with Crippen LogP contribution >= 0.6 is 0 Å². The van der Waals surface area contributed by atoms with Gasteiger partial charge in [0.25, 0.3) is 5.97 Å². The second-order valence-electron chi connectivity index (χ2n) is 5.41. The molecule has 0 aromatic heterocycles. The van der Waals surface area contributed by atoms with Gasteiger partial charge < -0.3 is 14.2 Å². The van der Waals surface area contributed by atoms with Crippen molar-refractivity contribution in [3.63, 3.8) is 0 Å². The van der Waals surface area contributed by atoms with E-state index < -0.39 is 5.97 Å². The van der Waals surface area contributed by atoms with Gasteiger partial charge in [0.2, 0.25) is 0 Å². The fourth-order valence-corrected chi connectivity index (χ4v) is 1.92. The zero-order chi connectivity index (χ0) is 17.2. The van der Waals surface area contributed by atoms with Crippen LogP contribution < -0.4 is 0 Å². The molecule has 3 nitrogen and oxygen atoms in total. The summed E-state index contributed by atoms with van der Waals surface area (Å²) < 4.78 is 17.5. The molecule has 0 saturated heterocycles. The Morgan fingerprint density at radius 3 is 1.13 bits per heavy atom. The second kappa shape index (κ2) is 16.0. The third-order valence-electron chi connectivity index (χ3n) is 3.15. The third kappa shape index (κ3) is 14.4. The molecule has 0 heterocycles. The largest absolute Gasteiger partial charge is 0.327 e. The summed E-state index contributed by atoms with van der Waals surface area (Å²) in [5, 5.41) is 0. The number of allylic oxidation sites excluding steroid dienone is 3. The lowest BCUT2D eigenvalue weighted by molar-refractivity contribution is -0.368. The zero-order valence-corrected chi connectivity index (χ0v) is 15.6. The SMILES string of the molecule is CCC=CCCOC(C)(OCCC=CCC)OCCC=CCC. The molecular weight excluding hydrogens is 288 g/mol. The van der Waals surface area contributed by atoms with Gasteiger partial charge in [-0.05, 0) is 38.5 Å². The topological polar surface area (TPSA) is 27.7 Å². The van der Waals surface area contributed by atoms with Gasteiger partial charge >= 0.3 is 0 Å². The normalized spacial score (nSPS) is 15.1. The molecule has 0 atom stereocenters. The van der Waals surface area contributed by atoms with Crippen LogP contribution in [0.1, 0.15) is 66.2 Å². The van der Waals surface area contributed by atoms with Crippen LogP contribution in [0.15, 0.2) is 36.5 Å². The predicted molar refractivity (Wildman–Crippen MR) is 98.4 cm³/mol. The van der Waals surface area contributed by atoms with Crippen LogP contribution in [0.2, 0.25) is 0 Å². The van der Waals surface area contributed by atoms with E-state index in [0.717, 1.165) is 38.5 Å². The molecule has 134 valence electrons. The first kappa shape index (κ1) is 22.1. The Kier molecular flexibility index (Phi) is 15.4. The first-order valence-corrected chi connectivity index (χ1v) is 9.05. The van der Waals surface area contributed by atoms with E-state index >= 15 is 0 Å². The quantitative estimate of drug-likeness (QED) is 0.217. The number of hydrogen-bond donors (Lipinski definition) is 0. The Hall–Kier alpha value is -0.900. The standard InChI is InChI=1S/C20H36O3/c1-5-8-11-14-17-21-20(4,22-18-15-12-9-6-2)23-19-16-13-10-7-3/h8-13H,5-7,14-19H2,1-4H3. The molecule has 0 aromatic rings. The lowest BCUT2D eigenvalue weighted by atomic mass is 10.3. The molecule has 0 unspecified atom stereocenters. The van der Waals surface area contributed by atoms with Crippen LogP contribution in [0.4, 0.5) is 0 Å². The van der Waals surface area contributed by atoms with Crippen LogP contribution in [-0.4, -0.2) is 25.8 Å². The van der Waals surface area contributed by atoms with Gasteiger partial charge in [-0.3, -0.25) is 0 Å². The first-order chi connectivity index (χ1) is 11.2. The summed E-state index contributed by atoms with van der Waals surface area (Å²) in [6.45, 7) is 10.0. The fourth-order valence-electron chi connectivity index (χ4n) is 1.92. The smallest absolute Gasteiger partial charge is 0.279 e. The summed E-state index contributed by atoms with van der Waals surface area (Å²) in [4.78, 5) is 0. The first-order valence-electron chi connectivity index (χ1n) is 9.05. The second-order valence-corrected chi connectivity index (χ2v) is 5.41. The van der Waals surface area contributed by atoms with E-state index in [0.29, 0.717) is 19.8 Å². The van der Waals surface area contributed by atoms with Gasteiger partial charge in [0.05, 0.1) is 19.8 Å². The lowest BCUT2D eigenvalue weighted by Crippen LogP contribution is -2.36. The minimum absolute atomic E-state index is 0.600. The van der Waals surface area contributed by atoms with E-state index in [1.54, 1.807) is 0 Å². The van der Waals surface area contributed by atoms with Crippen molar-refractivity contribution in [1.82, 2.24) is 0 Å². The summed E-state index contributed by atoms with van der Waals surface area (Å²) in [5.41, 5.74) is 0. The van der Waals surface area contributed by atoms with Crippen LogP contribution in [0.5, 0.6) is 0 Å². The van der Waals surface area contributed by atoms with Gasteiger partial charge in [-0.15, -0.1) is 0 Å². The highest BCUT2D eigenvalue weighted by molar-refractivity contribution is 4.81. The Morgan fingerprint density at radius 1 is 0.565 bits per heavy atom. The fraction of sp³-hybridized carbons (Fsp3) is 0.700. The Balaban J connectivity index is 4.23. The molecule has 0 bridgehead atoms. The summed E-state index contributed by atoms with van der Waals surface area (Å²) in [6.07, 6.45) is 18.6. The van der Waals surface area contributed by atoms with Crippen molar-refractivity contribution in [1.29, 1.82) is 0 Å². The van der Waals surface area contributed by atoms with Gasteiger partial charge in [0.1, 0.15) is 0 Å². The summed E-state index contributed by atoms with van der Waals surface area (Å²) in [6, 6.07) is 0. The molecule has 23 heavy (non-hydrogen) atoms. The van der Waals surface area contributed by atoms with Crippen molar-refractivity contribution in [2.24, 2.45) is 0 Å². The highest BCUT2D eigenvalue weighted by Crippen LogP contribution is 2.16. The Bertz CT molecular complexity index is 281. The molecule has 0 amide bonds. The number of ether oxygens (including phenoxy) is 3. The molecule has 0 spiro atoms.